The summed E-state index contributed by atoms with van der Waals surface area (Å²) in [5.74, 6) is -1.70. The highest BCUT2D eigenvalue weighted by atomic mass is 32.1. The second kappa shape index (κ2) is 7.17. The molecular weight excluding hydrogens is 276 g/mol. The number of rotatable bonds is 5. The molecule has 0 bridgehead atoms. The first-order valence-electron chi connectivity index (χ1n) is 5.33. The summed E-state index contributed by atoms with van der Waals surface area (Å²) >= 11 is 4.96. The molecule has 0 heterocycles. The molecule has 4 N–H and O–H groups in total. The number of ether oxygens (including phenoxy) is 2. The van der Waals surface area contributed by atoms with Gasteiger partial charge in [0.1, 0.15) is 5.69 Å². The Morgan fingerprint density at radius 1 is 1.32 bits per heavy atom. The van der Waals surface area contributed by atoms with Crippen LogP contribution < -0.4 is 16.4 Å². The first-order chi connectivity index (χ1) is 8.97. The van der Waals surface area contributed by atoms with Gasteiger partial charge in [0.25, 0.3) is 0 Å². The predicted octanol–water partition coefficient (Wildman–Crippen LogP) is 1.45. The zero-order chi connectivity index (χ0) is 14.4. The molecule has 0 saturated carbocycles. The van der Waals surface area contributed by atoms with E-state index in [-0.39, 0.29) is 10.8 Å². The lowest BCUT2D eigenvalue weighted by Crippen LogP contribution is -2.36. The Morgan fingerprint density at radius 3 is 2.32 bits per heavy atom. The summed E-state index contributed by atoms with van der Waals surface area (Å²) in [6, 6.07) is 2.10. The minimum absolute atomic E-state index is 0.160. The number of thiocarbonyl (C=S) groups is 1. The summed E-state index contributed by atoms with van der Waals surface area (Å²) in [5, 5.41) is 5.59. The number of benzene rings is 1. The molecular formula is C11H15F2N3O2S. The van der Waals surface area contributed by atoms with E-state index in [4.69, 9.17) is 27.4 Å². The fourth-order valence-electron chi connectivity index (χ4n) is 1.27. The molecule has 0 saturated heterocycles. The van der Waals surface area contributed by atoms with Crippen LogP contribution in [0.4, 0.5) is 20.2 Å². The number of methoxy groups -OCH3 is 2. The van der Waals surface area contributed by atoms with Gasteiger partial charge in [-0.1, -0.05) is 0 Å². The average molecular weight is 291 g/mol. The lowest BCUT2D eigenvalue weighted by atomic mass is 10.2. The molecule has 19 heavy (non-hydrogen) atoms. The van der Waals surface area contributed by atoms with Gasteiger partial charge in [-0.25, -0.2) is 8.78 Å². The van der Waals surface area contributed by atoms with E-state index < -0.39 is 23.6 Å². The van der Waals surface area contributed by atoms with Crippen LogP contribution in [0.5, 0.6) is 0 Å². The van der Waals surface area contributed by atoms with Gasteiger partial charge in [-0.15, -0.1) is 0 Å². The maximum Gasteiger partial charge on any atom is 0.174 e. The van der Waals surface area contributed by atoms with Crippen LogP contribution >= 0.6 is 12.2 Å². The highest BCUT2D eigenvalue weighted by Gasteiger charge is 2.09. The Bertz CT molecular complexity index is 433. The molecule has 5 nitrogen and oxygen atoms in total. The molecule has 1 rings (SSSR count). The van der Waals surface area contributed by atoms with Crippen molar-refractivity contribution in [2.45, 2.75) is 6.29 Å². The third-order valence-corrected chi connectivity index (χ3v) is 2.54. The fourth-order valence-corrected chi connectivity index (χ4v) is 1.47. The molecule has 0 aliphatic carbocycles. The SMILES string of the molecule is COC(CNC(=S)Nc1cc(F)c(N)c(F)c1)OC. The van der Waals surface area contributed by atoms with E-state index in [1.54, 1.807) is 0 Å². The number of nitrogens with two attached hydrogens (primary N) is 1. The van der Waals surface area contributed by atoms with E-state index in [0.29, 0.717) is 6.54 Å². The highest BCUT2D eigenvalue weighted by Crippen LogP contribution is 2.20. The van der Waals surface area contributed by atoms with Crippen LogP contribution in [0.25, 0.3) is 0 Å². The van der Waals surface area contributed by atoms with E-state index in [0.717, 1.165) is 12.1 Å². The monoisotopic (exact) mass is 291 g/mol. The van der Waals surface area contributed by atoms with Crippen molar-refractivity contribution < 1.29 is 18.3 Å². The Hall–Kier alpha value is -1.51. The Balaban J connectivity index is 2.58. The molecule has 0 spiro atoms. The first-order valence-corrected chi connectivity index (χ1v) is 5.73. The van der Waals surface area contributed by atoms with Gasteiger partial charge in [0.15, 0.2) is 23.0 Å². The minimum Gasteiger partial charge on any atom is -0.394 e. The maximum atomic E-state index is 13.2. The number of hydrogen-bond donors (Lipinski definition) is 3. The van der Waals surface area contributed by atoms with Gasteiger partial charge >= 0.3 is 0 Å². The summed E-state index contributed by atoms with van der Waals surface area (Å²) in [5.41, 5.74) is 4.79. The molecule has 0 fully saturated rings. The van der Waals surface area contributed by atoms with Crippen molar-refractivity contribution in [1.82, 2.24) is 5.32 Å². The van der Waals surface area contributed by atoms with Gasteiger partial charge < -0.3 is 25.8 Å². The largest absolute Gasteiger partial charge is 0.394 e. The maximum absolute atomic E-state index is 13.2. The van der Waals surface area contributed by atoms with E-state index in [1.165, 1.54) is 14.2 Å². The van der Waals surface area contributed by atoms with Gasteiger partial charge in [0.2, 0.25) is 0 Å². The molecule has 106 valence electrons. The summed E-state index contributed by atoms with van der Waals surface area (Å²) in [7, 11) is 2.97. The molecule has 0 aliphatic rings. The molecule has 1 aromatic carbocycles. The summed E-state index contributed by atoms with van der Waals surface area (Å²) < 4.78 is 36.3. The fraction of sp³-hybridized carbons (Fsp3) is 0.364. The number of nitrogens with one attached hydrogen (secondary N) is 2. The van der Waals surface area contributed by atoms with E-state index in [2.05, 4.69) is 10.6 Å². The molecule has 0 amide bonds. The van der Waals surface area contributed by atoms with Crippen molar-refractivity contribution in [2.24, 2.45) is 0 Å². The molecule has 0 atom stereocenters. The average Bonchev–Trinajstić information content (AvgIpc) is 2.37. The van der Waals surface area contributed by atoms with Crippen molar-refractivity contribution in [2.75, 3.05) is 31.8 Å². The number of hydrogen-bond acceptors (Lipinski definition) is 4. The van der Waals surface area contributed by atoms with Crippen LogP contribution in [0.2, 0.25) is 0 Å². The van der Waals surface area contributed by atoms with Crippen LogP contribution in [0.15, 0.2) is 12.1 Å². The van der Waals surface area contributed by atoms with Crippen LogP contribution in [0, 0.1) is 11.6 Å². The molecule has 0 radical (unpaired) electrons. The van der Waals surface area contributed by atoms with Gasteiger partial charge in [-0.05, 0) is 24.4 Å². The molecule has 0 aromatic heterocycles. The minimum atomic E-state index is -0.850. The van der Waals surface area contributed by atoms with Crippen molar-refractivity contribution in [3.8, 4) is 0 Å². The normalized spacial score (nSPS) is 10.6. The summed E-state index contributed by atoms with van der Waals surface area (Å²) in [6.07, 6.45) is -0.473. The van der Waals surface area contributed by atoms with Gasteiger partial charge in [0.05, 0.1) is 6.54 Å². The predicted molar refractivity (Wildman–Crippen MR) is 72.8 cm³/mol. The van der Waals surface area contributed by atoms with Crippen LogP contribution in [-0.2, 0) is 9.47 Å². The van der Waals surface area contributed by atoms with Gasteiger partial charge in [-0.2, -0.15) is 0 Å². The number of nitrogen functional groups attached to an aromatic ring is 1. The smallest absolute Gasteiger partial charge is 0.174 e. The van der Waals surface area contributed by atoms with Crippen molar-refractivity contribution >= 4 is 28.7 Å². The van der Waals surface area contributed by atoms with Crippen molar-refractivity contribution in [3.05, 3.63) is 23.8 Å². The second-order valence-electron chi connectivity index (χ2n) is 3.59. The van der Waals surface area contributed by atoms with E-state index in [1.807, 2.05) is 0 Å². The molecule has 1 aromatic rings. The Kier molecular flexibility index (Phi) is 5.87. The summed E-state index contributed by atoms with van der Waals surface area (Å²) in [4.78, 5) is 0. The third kappa shape index (κ3) is 4.58. The van der Waals surface area contributed by atoms with Gasteiger partial charge in [0, 0.05) is 19.9 Å². The van der Waals surface area contributed by atoms with E-state index in [9.17, 15) is 8.78 Å². The van der Waals surface area contributed by atoms with Crippen LogP contribution in [0.3, 0.4) is 0 Å². The topological polar surface area (TPSA) is 68.5 Å². The Labute approximate surface area is 115 Å². The summed E-state index contributed by atoms with van der Waals surface area (Å²) in [6.45, 7) is 0.290. The van der Waals surface area contributed by atoms with Crippen LogP contribution in [-0.4, -0.2) is 32.2 Å². The standard InChI is InChI=1S/C11H15F2N3O2S/c1-17-9(18-2)5-15-11(19)16-6-3-7(12)10(14)8(13)4-6/h3-4,9H,5,14H2,1-2H3,(H2,15,16,19). The zero-order valence-electron chi connectivity index (χ0n) is 10.5. The van der Waals surface area contributed by atoms with Gasteiger partial charge in [-0.3, -0.25) is 0 Å². The third-order valence-electron chi connectivity index (χ3n) is 2.29. The number of anilines is 2. The van der Waals surface area contributed by atoms with E-state index >= 15 is 0 Å². The second-order valence-corrected chi connectivity index (χ2v) is 4.00. The van der Waals surface area contributed by atoms with Crippen molar-refractivity contribution in [3.63, 3.8) is 0 Å². The molecule has 0 aliphatic heterocycles. The molecule has 0 unspecified atom stereocenters. The quantitative estimate of drug-likeness (QED) is 0.433. The zero-order valence-corrected chi connectivity index (χ0v) is 11.3. The van der Waals surface area contributed by atoms with Crippen molar-refractivity contribution in [1.29, 1.82) is 0 Å². The first kappa shape index (κ1) is 15.5. The van der Waals surface area contributed by atoms with Crippen LogP contribution in [0.1, 0.15) is 0 Å². The lowest BCUT2D eigenvalue weighted by Gasteiger charge is -2.16. The lowest BCUT2D eigenvalue weighted by molar-refractivity contribution is -0.0964. The Morgan fingerprint density at radius 2 is 1.84 bits per heavy atom. The molecule has 8 heteroatoms. The highest BCUT2D eigenvalue weighted by molar-refractivity contribution is 7.80. The number of halogens is 2.